The lowest BCUT2D eigenvalue weighted by atomic mass is 10.0. The molecule has 21 heavy (non-hydrogen) atoms. The molecule has 4 rings (SSSR count). The molecule has 1 aromatic carbocycles. The lowest BCUT2D eigenvalue weighted by Crippen LogP contribution is -2.16. The van der Waals surface area contributed by atoms with Crippen LogP contribution in [0.15, 0.2) is 41.5 Å². The summed E-state index contributed by atoms with van der Waals surface area (Å²) < 4.78 is 5.97. The highest BCUT2D eigenvalue weighted by Gasteiger charge is 2.45. The number of hydrogen-bond donors (Lipinski definition) is 0. The van der Waals surface area contributed by atoms with E-state index in [1.165, 1.54) is 0 Å². The largest absolute Gasteiger partial charge is 0.490 e. The van der Waals surface area contributed by atoms with Crippen molar-refractivity contribution in [2.24, 2.45) is 4.99 Å². The maximum absolute atomic E-state index is 6.04. The van der Waals surface area contributed by atoms with Crippen LogP contribution in [0.1, 0.15) is 29.5 Å². The van der Waals surface area contributed by atoms with Crippen molar-refractivity contribution in [3.8, 4) is 5.75 Å². The van der Waals surface area contributed by atoms with Crippen molar-refractivity contribution in [2.45, 2.75) is 25.3 Å². The first-order chi connectivity index (χ1) is 10.2. The molecule has 2 heterocycles. The van der Waals surface area contributed by atoms with Gasteiger partial charge in [-0.1, -0.05) is 23.7 Å². The van der Waals surface area contributed by atoms with Gasteiger partial charge in [-0.2, -0.15) is 0 Å². The van der Waals surface area contributed by atoms with Gasteiger partial charge in [0, 0.05) is 17.3 Å². The van der Waals surface area contributed by atoms with Gasteiger partial charge in [-0.15, -0.1) is 0 Å². The lowest BCUT2D eigenvalue weighted by molar-refractivity contribution is 0.284. The molecule has 1 aliphatic carbocycles. The van der Waals surface area contributed by atoms with Crippen molar-refractivity contribution in [1.82, 2.24) is 4.98 Å². The van der Waals surface area contributed by atoms with Crippen molar-refractivity contribution in [3.63, 3.8) is 0 Å². The number of aryl methyl sites for hydroxylation is 1. The van der Waals surface area contributed by atoms with E-state index < -0.39 is 0 Å². The molecular weight excluding hydrogens is 284 g/mol. The molecule has 2 aromatic rings. The van der Waals surface area contributed by atoms with Crippen molar-refractivity contribution >= 4 is 17.3 Å². The van der Waals surface area contributed by atoms with Crippen LogP contribution >= 0.6 is 11.6 Å². The molecule has 1 aliphatic heterocycles. The summed E-state index contributed by atoms with van der Waals surface area (Å²) in [6.45, 7) is 2.62. The second-order valence-electron chi connectivity index (χ2n) is 5.80. The Hall–Kier alpha value is -1.87. The van der Waals surface area contributed by atoms with Crippen molar-refractivity contribution in [3.05, 3.63) is 58.4 Å². The van der Waals surface area contributed by atoms with Crippen LogP contribution in [0.2, 0.25) is 5.15 Å². The summed E-state index contributed by atoms with van der Waals surface area (Å²) in [5.74, 6) is 0.896. The summed E-state index contributed by atoms with van der Waals surface area (Å²) in [6, 6.07) is 10.1. The number of ether oxygens (including phenoxy) is 1. The van der Waals surface area contributed by atoms with E-state index in [0.29, 0.717) is 11.8 Å². The Morgan fingerprint density at radius 1 is 1.24 bits per heavy atom. The van der Waals surface area contributed by atoms with Gasteiger partial charge in [-0.05, 0) is 43.5 Å². The Bertz CT molecular complexity index is 750. The zero-order chi connectivity index (χ0) is 14.4. The van der Waals surface area contributed by atoms with E-state index in [4.69, 9.17) is 21.3 Å². The summed E-state index contributed by atoms with van der Waals surface area (Å²) in [7, 11) is 0. The number of fused-ring (bicyclic) bond motifs is 1. The zero-order valence-corrected chi connectivity index (χ0v) is 12.5. The monoisotopic (exact) mass is 298 g/mol. The number of benzene rings is 1. The molecule has 3 nitrogen and oxygen atoms in total. The third-order valence-corrected chi connectivity index (χ3v) is 4.50. The van der Waals surface area contributed by atoms with E-state index in [-0.39, 0.29) is 5.54 Å². The van der Waals surface area contributed by atoms with Gasteiger partial charge in [0.2, 0.25) is 0 Å². The molecule has 0 saturated heterocycles. The van der Waals surface area contributed by atoms with Gasteiger partial charge in [0.1, 0.15) is 17.5 Å². The van der Waals surface area contributed by atoms with Crippen LogP contribution in [-0.4, -0.2) is 22.8 Å². The first-order valence-corrected chi connectivity index (χ1v) is 7.49. The maximum atomic E-state index is 6.04. The van der Waals surface area contributed by atoms with E-state index in [2.05, 4.69) is 11.1 Å². The van der Waals surface area contributed by atoms with Crippen molar-refractivity contribution in [2.75, 3.05) is 6.61 Å². The van der Waals surface area contributed by atoms with Gasteiger partial charge in [0.05, 0.1) is 11.3 Å². The minimum atomic E-state index is -0.0398. The SMILES string of the molecule is Cc1cc(C2=NC3(CC3)COc3ccccc32)cnc1Cl. The summed E-state index contributed by atoms with van der Waals surface area (Å²) >= 11 is 6.04. The Morgan fingerprint density at radius 3 is 2.81 bits per heavy atom. The second-order valence-corrected chi connectivity index (χ2v) is 6.16. The van der Waals surface area contributed by atoms with E-state index in [1.807, 2.05) is 31.2 Å². The molecule has 0 N–H and O–H groups in total. The molecular formula is C17H15ClN2O. The number of aromatic nitrogens is 1. The molecule has 1 aromatic heterocycles. The van der Waals surface area contributed by atoms with Crippen molar-refractivity contribution in [1.29, 1.82) is 0 Å². The molecule has 1 spiro atoms. The first kappa shape index (κ1) is 12.8. The third kappa shape index (κ3) is 2.22. The highest BCUT2D eigenvalue weighted by Crippen LogP contribution is 2.43. The summed E-state index contributed by atoms with van der Waals surface area (Å²) in [5, 5.41) is 0.540. The topological polar surface area (TPSA) is 34.5 Å². The van der Waals surface area contributed by atoms with Gasteiger partial charge in [0.15, 0.2) is 0 Å². The molecule has 106 valence electrons. The van der Waals surface area contributed by atoms with Crippen LogP contribution in [-0.2, 0) is 0 Å². The molecule has 0 unspecified atom stereocenters. The van der Waals surface area contributed by atoms with Crippen LogP contribution in [0.4, 0.5) is 0 Å². The zero-order valence-electron chi connectivity index (χ0n) is 11.8. The number of halogens is 1. The minimum Gasteiger partial charge on any atom is -0.490 e. The number of rotatable bonds is 1. The van der Waals surface area contributed by atoms with Gasteiger partial charge in [-0.3, -0.25) is 4.99 Å². The molecule has 0 atom stereocenters. The molecule has 0 amide bonds. The Morgan fingerprint density at radius 2 is 2.05 bits per heavy atom. The number of aliphatic imine (C=N–C) groups is 1. The minimum absolute atomic E-state index is 0.0398. The summed E-state index contributed by atoms with van der Waals surface area (Å²) in [4.78, 5) is 9.28. The number of hydrogen-bond acceptors (Lipinski definition) is 3. The fraction of sp³-hybridized carbons (Fsp3) is 0.294. The van der Waals surface area contributed by atoms with Gasteiger partial charge >= 0.3 is 0 Å². The highest BCUT2D eigenvalue weighted by atomic mass is 35.5. The second kappa shape index (κ2) is 4.57. The molecule has 0 bridgehead atoms. The molecule has 1 saturated carbocycles. The smallest absolute Gasteiger partial charge is 0.131 e. The fourth-order valence-corrected chi connectivity index (χ4v) is 2.74. The standard InChI is InChI=1S/C17H15ClN2O/c1-11-8-12(9-19-16(11)18)15-13-4-2-3-5-14(13)21-10-17(20-15)6-7-17/h2-5,8-9H,6-7,10H2,1H3. The van der Waals surface area contributed by atoms with Crippen LogP contribution in [0.25, 0.3) is 0 Å². The average Bonchev–Trinajstić information content (AvgIpc) is 3.29. The van der Waals surface area contributed by atoms with E-state index in [0.717, 1.165) is 41.0 Å². The average molecular weight is 299 g/mol. The molecule has 2 aliphatic rings. The van der Waals surface area contributed by atoms with E-state index in [9.17, 15) is 0 Å². The lowest BCUT2D eigenvalue weighted by Gasteiger charge is -2.10. The quantitative estimate of drug-likeness (QED) is 0.750. The Balaban J connectivity index is 1.91. The Kier molecular flexibility index (Phi) is 2.79. The normalized spacial score (nSPS) is 18.5. The Labute approximate surface area is 128 Å². The highest BCUT2D eigenvalue weighted by molar-refractivity contribution is 6.30. The molecule has 1 fully saturated rings. The maximum Gasteiger partial charge on any atom is 0.131 e. The van der Waals surface area contributed by atoms with Gasteiger partial charge in [0.25, 0.3) is 0 Å². The van der Waals surface area contributed by atoms with Crippen LogP contribution in [0.3, 0.4) is 0 Å². The van der Waals surface area contributed by atoms with Gasteiger partial charge < -0.3 is 4.74 Å². The van der Waals surface area contributed by atoms with Crippen molar-refractivity contribution < 1.29 is 4.74 Å². The van der Waals surface area contributed by atoms with Crippen LogP contribution < -0.4 is 4.74 Å². The van der Waals surface area contributed by atoms with E-state index >= 15 is 0 Å². The number of pyridine rings is 1. The summed E-state index contributed by atoms with van der Waals surface area (Å²) in [5.41, 5.74) is 3.92. The predicted octanol–water partition coefficient (Wildman–Crippen LogP) is 3.81. The first-order valence-electron chi connectivity index (χ1n) is 7.11. The molecule has 0 radical (unpaired) electrons. The number of nitrogens with zero attached hydrogens (tertiary/aromatic N) is 2. The van der Waals surface area contributed by atoms with E-state index in [1.54, 1.807) is 6.20 Å². The summed E-state index contributed by atoms with van der Waals surface area (Å²) in [6.07, 6.45) is 3.97. The number of para-hydroxylation sites is 1. The predicted molar refractivity (Wildman–Crippen MR) is 83.5 cm³/mol. The fourth-order valence-electron chi connectivity index (χ4n) is 2.64. The molecule has 4 heteroatoms. The van der Waals surface area contributed by atoms with Gasteiger partial charge in [-0.25, -0.2) is 4.98 Å². The van der Waals surface area contributed by atoms with Crippen LogP contribution in [0, 0.1) is 6.92 Å². The third-order valence-electron chi connectivity index (χ3n) is 4.10. The van der Waals surface area contributed by atoms with Crippen LogP contribution in [0.5, 0.6) is 5.75 Å².